The van der Waals surface area contributed by atoms with E-state index < -0.39 is 0 Å². The van der Waals surface area contributed by atoms with Crippen molar-refractivity contribution < 1.29 is 4.79 Å². The van der Waals surface area contributed by atoms with Crippen molar-refractivity contribution in [3.05, 3.63) is 53.3 Å². The number of rotatable bonds is 5. The third kappa shape index (κ3) is 3.89. The van der Waals surface area contributed by atoms with Gasteiger partial charge in [0.15, 0.2) is 0 Å². The van der Waals surface area contributed by atoms with Crippen LogP contribution < -0.4 is 5.32 Å². The van der Waals surface area contributed by atoms with Crippen molar-refractivity contribution in [1.82, 2.24) is 19.8 Å². The number of carbonyl (C=O) groups is 1. The molecule has 0 bridgehead atoms. The molecule has 0 atom stereocenters. The Hall–Kier alpha value is -2.47. The first kappa shape index (κ1) is 16.4. The summed E-state index contributed by atoms with van der Waals surface area (Å²) in [5.74, 6) is 0.461. The van der Waals surface area contributed by atoms with Crippen molar-refractivity contribution in [1.29, 1.82) is 0 Å². The lowest BCUT2D eigenvalue weighted by Gasteiger charge is -2.28. The second kappa shape index (κ2) is 7.40. The van der Waals surface area contributed by atoms with Crippen molar-refractivity contribution in [2.24, 2.45) is 0 Å². The molecule has 0 aliphatic carbocycles. The van der Waals surface area contributed by atoms with Crippen LogP contribution in [0.15, 0.2) is 36.5 Å². The zero-order valence-corrected chi connectivity index (χ0v) is 14.2. The molecule has 6 nitrogen and oxygen atoms in total. The van der Waals surface area contributed by atoms with E-state index in [0.29, 0.717) is 18.2 Å². The lowest BCUT2D eigenvalue weighted by atomic mass is 10.00. The monoisotopic (exact) mass is 325 g/mol. The molecule has 0 saturated carbocycles. The van der Waals surface area contributed by atoms with Gasteiger partial charge in [-0.3, -0.25) is 4.79 Å². The minimum atomic E-state index is -0.0393. The molecule has 0 radical (unpaired) electrons. The predicted molar refractivity (Wildman–Crippen MR) is 94.0 cm³/mol. The average molecular weight is 325 g/mol. The number of carbonyl (C=O) groups excluding carboxylic acids is 1. The lowest BCUT2D eigenvalue weighted by molar-refractivity contribution is 0.0728. The maximum absolute atomic E-state index is 12.7. The fourth-order valence-electron chi connectivity index (χ4n) is 2.79. The number of hydrogen-bond acceptors (Lipinski definition) is 5. The number of hydrogen-bond donors (Lipinski definition) is 1. The molecule has 3 rings (SSSR count). The summed E-state index contributed by atoms with van der Waals surface area (Å²) in [5, 5.41) is 3.16. The number of benzene rings is 1. The first-order chi connectivity index (χ1) is 11.6. The second-order valence-corrected chi connectivity index (χ2v) is 6.24. The fraction of sp³-hybridized carbons (Fsp3) is 0.389. The Balaban J connectivity index is 1.67. The van der Waals surface area contributed by atoms with Crippen LogP contribution in [0, 0.1) is 0 Å². The third-order valence-corrected chi connectivity index (χ3v) is 4.13. The Kier molecular flexibility index (Phi) is 5.05. The molecule has 2 aromatic rings. The van der Waals surface area contributed by atoms with Crippen molar-refractivity contribution in [3.8, 4) is 0 Å². The lowest BCUT2D eigenvalue weighted by Crippen LogP contribution is -2.36. The van der Waals surface area contributed by atoms with E-state index in [1.165, 1.54) is 11.1 Å². The van der Waals surface area contributed by atoms with Crippen LogP contribution in [-0.4, -0.2) is 59.4 Å². The molecule has 0 unspecified atom stereocenters. The smallest absolute Gasteiger partial charge is 0.272 e. The van der Waals surface area contributed by atoms with E-state index in [2.05, 4.69) is 32.3 Å². The Morgan fingerprint density at radius 2 is 2.04 bits per heavy atom. The highest BCUT2D eigenvalue weighted by Gasteiger charge is 2.22. The molecule has 0 saturated heterocycles. The molecule has 1 N–H and O–H groups in total. The van der Waals surface area contributed by atoms with Crippen molar-refractivity contribution in [2.75, 3.05) is 39.0 Å². The van der Waals surface area contributed by atoms with Gasteiger partial charge >= 0.3 is 0 Å². The summed E-state index contributed by atoms with van der Waals surface area (Å²) in [6, 6.07) is 9.97. The highest BCUT2D eigenvalue weighted by atomic mass is 16.2. The van der Waals surface area contributed by atoms with E-state index in [1.54, 1.807) is 12.3 Å². The third-order valence-electron chi connectivity index (χ3n) is 4.13. The molecule has 6 heteroatoms. The van der Waals surface area contributed by atoms with Gasteiger partial charge in [-0.2, -0.15) is 0 Å². The van der Waals surface area contributed by atoms with E-state index in [0.717, 1.165) is 26.1 Å². The zero-order valence-electron chi connectivity index (χ0n) is 14.2. The first-order valence-corrected chi connectivity index (χ1v) is 8.21. The van der Waals surface area contributed by atoms with Crippen LogP contribution in [0.3, 0.4) is 0 Å². The molecule has 0 spiro atoms. The van der Waals surface area contributed by atoms with Crippen LogP contribution in [0.25, 0.3) is 0 Å². The van der Waals surface area contributed by atoms with E-state index >= 15 is 0 Å². The number of anilines is 1. The van der Waals surface area contributed by atoms with Crippen molar-refractivity contribution in [3.63, 3.8) is 0 Å². The van der Waals surface area contributed by atoms with Crippen molar-refractivity contribution >= 4 is 11.9 Å². The van der Waals surface area contributed by atoms with E-state index in [9.17, 15) is 4.79 Å². The molecule has 24 heavy (non-hydrogen) atoms. The Labute approximate surface area is 142 Å². The standard InChI is InChI=1S/C18H23N5O/c1-22(2)12-10-20-18-19-9-7-16(21-18)17(24)23-11-8-14-5-3-4-6-15(14)13-23/h3-7,9H,8,10-13H2,1-2H3,(H,19,20,21). The molecule has 1 aliphatic rings. The van der Waals surface area contributed by atoms with Gasteiger partial charge in [-0.05, 0) is 37.7 Å². The van der Waals surface area contributed by atoms with Gasteiger partial charge in [0.1, 0.15) is 5.69 Å². The van der Waals surface area contributed by atoms with Gasteiger partial charge in [-0.1, -0.05) is 24.3 Å². The normalized spacial score (nSPS) is 13.7. The minimum absolute atomic E-state index is 0.0393. The van der Waals surface area contributed by atoms with Crippen LogP contribution in [0.2, 0.25) is 0 Å². The second-order valence-electron chi connectivity index (χ2n) is 6.24. The molecular weight excluding hydrogens is 302 g/mol. The summed E-state index contributed by atoms with van der Waals surface area (Å²) in [6.07, 6.45) is 2.52. The Bertz CT molecular complexity index is 716. The summed E-state index contributed by atoms with van der Waals surface area (Å²) < 4.78 is 0. The Morgan fingerprint density at radius 1 is 1.25 bits per heavy atom. The molecule has 126 valence electrons. The largest absolute Gasteiger partial charge is 0.353 e. The van der Waals surface area contributed by atoms with Gasteiger partial charge in [-0.25, -0.2) is 9.97 Å². The minimum Gasteiger partial charge on any atom is -0.353 e. The van der Waals surface area contributed by atoms with Gasteiger partial charge in [0.25, 0.3) is 5.91 Å². The van der Waals surface area contributed by atoms with Crippen molar-refractivity contribution in [2.45, 2.75) is 13.0 Å². The number of amides is 1. The molecule has 1 amide bonds. The highest BCUT2D eigenvalue weighted by molar-refractivity contribution is 5.92. The summed E-state index contributed by atoms with van der Waals surface area (Å²) >= 11 is 0. The molecule has 0 fully saturated rings. The van der Waals surface area contributed by atoms with E-state index in [-0.39, 0.29) is 5.91 Å². The molecule has 1 aromatic heterocycles. The first-order valence-electron chi connectivity index (χ1n) is 8.21. The summed E-state index contributed by atoms with van der Waals surface area (Å²) in [5.41, 5.74) is 2.99. The SMILES string of the molecule is CN(C)CCNc1nccc(C(=O)N2CCc3ccccc3C2)n1. The maximum atomic E-state index is 12.7. The molecular formula is C18H23N5O. The van der Waals surface area contributed by atoms with E-state index in [4.69, 9.17) is 0 Å². The number of nitrogens with one attached hydrogen (secondary N) is 1. The van der Waals surface area contributed by atoms with E-state index in [1.807, 2.05) is 31.1 Å². The number of likely N-dealkylation sites (N-methyl/N-ethyl adjacent to an activating group) is 1. The molecule has 1 aliphatic heterocycles. The summed E-state index contributed by atoms with van der Waals surface area (Å²) in [6.45, 7) is 2.98. The van der Waals surface area contributed by atoms with Gasteiger partial charge < -0.3 is 15.1 Å². The van der Waals surface area contributed by atoms with Gasteiger partial charge in [0.05, 0.1) is 0 Å². The quantitative estimate of drug-likeness (QED) is 0.906. The predicted octanol–water partition coefficient (Wildman–Crippen LogP) is 1.65. The maximum Gasteiger partial charge on any atom is 0.272 e. The van der Waals surface area contributed by atoms with Crippen LogP contribution in [0.4, 0.5) is 5.95 Å². The Morgan fingerprint density at radius 3 is 2.83 bits per heavy atom. The van der Waals surface area contributed by atoms with Gasteiger partial charge in [0, 0.05) is 32.4 Å². The van der Waals surface area contributed by atoms with Crippen LogP contribution >= 0.6 is 0 Å². The van der Waals surface area contributed by atoms with Gasteiger partial charge in [-0.15, -0.1) is 0 Å². The zero-order chi connectivity index (χ0) is 16.9. The topological polar surface area (TPSA) is 61.4 Å². The highest BCUT2D eigenvalue weighted by Crippen LogP contribution is 2.20. The number of aromatic nitrogens is 2. The average Bonchev–Trinajstić information content (AvgIpc) is 2.60. The summed E-state index contributed by atoms with van der Waals surface area (Å²) in [4.78, 5) is 25.2. The molecule has 2 heterocycles. The summed E-state index contributed by atoms with van der Waals surface area (Å²) in [7, 11) is 4.02. The van der Waals surface area contributed by atoms with Crippen LogP contribution in [0.5, 0.6) is 0 Å². The van der Waals surface area contributed by atoms with Crippen LogP contribution in [-0.2, 0) is 13.0 Å². The number of nitrogens with zero attached hydrogens (tertiary/aromatic N) is 4. The number of fused-ring (bicyclic) bond motifs is 1. The molecule has 1 aromatic carbocycles. The fourth-order valence-corrected chi connectivity index (χ4v) is 2.79. The van der Waals surface area contributed by atoms with Gasteiger partial charge in [0.2, 0.25) is 5.95 Å². The van der Waals surface area contributed by atoms with Crippen LogP contribution in [0.1, 0.15) is 21.6 Å².